The fourth-order valence-electron chi connectivity index (χ4n) is 1.87. The highest BCUT2D eigenvalue weighted by molar-refractivity contribution is 5.80. The van der Waals surface area contributed by atoms with Crippen LogP contribution in [0, 0.1) is 12.8 Å². The molecule has 3 rings (SSSR count). The highest BCUT2D eigenvalue weighted by Crippen LogP contribution is 2.27. The number of carbonyl (C=O) groups excluding carboxylic acids is 1. The molecule has 1 amide bonds. The Morgan fingerprint density at radius 1 is 1.53 bits per heavy atom. The van der Waals surface area contributed by atoms with Crippen molar-refractivity contribution in [3.63, 3.8) is 0 Å². The molecule has 0 atom stereocenters. The molecule has 0 spiro atoms. The topological polar surface area (TPSA) is 84.2 Å². The number of nitrogens with one attached hydrogen (secondary N) is 2. The summed E-state index contributed by atoms with van der Waals surface area (Å²) in [5.41, 5.74) is 0.835. The fraction of sp³-hybridized carbons (Fsp3) is 0.500. The van der Waals surface area contributed by atoms with Crippen molar-refractivity contribution in [2.75, 3.05) is 18.4 Å². The maximum absolute atomic E-state index is 11.7. The monoisotopic (exact) mass is 260 g/mol. The van der Waals surface area contributed by atoms with Crippen LogP contribution in [0.5, 0.6) is 0 Å². The molecule has 1 fully saturated rings. The molecular weight excluding hydrogens is 244 g/mol. The number of fused-ring (bicyclic) bond motifs is 1. The number of hydrogen-bond donors (Lipinski definition) is 2. The Morgan fingerprint density at radius 2 is 2.37 bits per heavy atom. The van der Waals surface area contributed by atoms with E-state index in [2.05, 4.69) is 25.7 Å². The zero-order valence-corrected chi connectivity index (χ0v) is 10.8. The SMILES string of the molecule is Cc1cc(NCC(=O)NCC2CC2)n2ncnc2n1. The summed E-state index contributed by atoms with van der Waals surface area (Å²) in [6, 6.07) is 1.84. The minimum Gasteiger partial charge on any atom is -0.361 e. The second-order valence-corrected chi connectivity index (χ2v) is 4.86. The van der Waals surface area contributed by atoms with Crippen LogP contribution in [0.4, 0.5) is 5.82 Å². The Bertz CT molecular complexity index is 603. The number of aryl methyl sites for hydroxylation is 1. The predicted octanol–water partition coefficient (Wildman–Crippen LogP) is 0.371. The first-order chi connectivity index (χ1) is 9.22. The molecule has 0 radical (unpaired) electrons. The highest BCUT2D eigenvalue weighted by Gasteiger charge is 2.21. The van der Waals surface area contributed by atoms with Crippen molar-refractivity contribution in [3.05, 3.63) is 18.1 Å². The van der Waals surface area contributed by atoms with Crippen molar-refractivity contribution >= 4 is 17.5 Å². The lowest BCUT2D eigenvalue weighted by Crippen LogP contribution is -2.31. The quantitative estimate of drug-likeness (QED) is 0.811. The molecule has 19 heavy (non-hydrogen) atoms. The Hall–Kier alpha value is -2.18. The number of rotatable bonds is 5. The lowest BCUT2D eigenvalue weighted by atomic mass is 10.4. The van der Waals surface area contributed by atoms with Gasteiger partial charge in [-0.1, -0.05) is 0 Å². The Balaban J connectivity index is 1.63. The van der Waals surface area contributed by atoms with Gasteiger partial charge < -0.3 is 10.6 Å². The van der Waals surface area contributed by atoms with Gasteiger partial charge in [-0.15, -0.1) is 0 Å². The van der Waals surface area contributed by atoms with Gasteiger partial charge in [-0.3, -0.25) is 4.79 Å². The highest BCUT2D eigenvalue weighted by atomic mass is 16.1. The maximum atomic E-state index is 11.7. The van der Waals surface area contributed by atoms with Gasteiger partial charge in [-0.25, -0.2) is 4.98 Å². The van der Waals surface area contributed by atoms with E-state index in [0.29, 0.717) is 11.7 Å². The third kappa shape index (κ3) is 2.81. The van der Waals surface area contributed by atoms with E-state index in [-0.39, 0.29) is 12.5 Å². The van der Waals surface area contributed by atoms with Gasteiger partial charge in [0.15, 0.2) is 0 Å². The molecular formula is C12H16N6O. The molecule has 0 bridgehead atoms. The van der Waals surface area contributed by atoms with Crippen molar-refractivity contribution in [2.24, 2.45) is 5.92 Å². The van der Waals surface area contributed by atoms with Crippen LogP contribution in [0.25, 0.3) is 5.78 Å². The van der Waals surface area contributed by atoms with Crippen LogP contribution in [0.1, 0.15) is 18.5 Å². The number of hydrogen-bond acceptors (Lipinski definition) is 5. The third-order valence-electron chi connectivity index (χ3n) is 3.09. The van der Waals surface area contributed by atoms with Gasteiger partial charge >= 0.3 is 0 Å². The van der Waals surface area contributed by atoms with E-state index >= 15 is 0 Å². The van der Waals surface area contributed by atoms with Crippen LogP contribution < -0.4 is 10.6 Å². The zero-order chi connectivity index (χ0) is 13.2. The van der Waals surface area contributed by atoms with Gasteiger partial charge in [0.1, 0.15) is 12.1 Å². The van der Waals surface area contributed by atoms with Crippen LogP contribution in [0.3, 0.4) is 0 Å². The number of carbonyl (C=O) groups is 1. The molecule has 1 aliphatic rings. The van der Waals surface area contributed by atoms with E-state index in [4.69, 9.17) is 0 Å². The summed E-state index contributed by atoms with van der Waals surface area (Å²) in [7, 11) is 0. The number of nitrogens with zero attached hydrogens (tertiary/aromatic N) is 4. The third-order valence-corrected chi connectivity index (χ3v) is 3.09. The molecule has 2 heterocycles. The molecule has 0 saturated heterocycles. The minimum atomic E-state index is -0.00497. The first-order valence-corrected chi connectivity index (χ1v) is 6.40. The smallest absolute Gasteiger partial charge is 0.254 e. The summed E-state index contributed by atoms with van der Waals surface area (Å²) in [5.74, 6) is 1.94. The van der Waals surface area contributed by atoms with Gasteiger partial charge in [0, 0.05) is 18.3 Å². The summed E-state index contributed by atoms with van der Waals surface area (Å²) >= 11 is 0. The normalized spacial score (nSPS) is 14.6. The van der Waals surface area contributed by atoms with Gasteiger partial charge in [0.2, 0.25) is 5.91 Å². The molecule has 7 heteroatoms. The second-order valence-electron chi connectivity index (χ2n) is 4.86. The average molecular weight is 260 g/mol. The Kier molecular flexibility index (Phi) is 3.02. The summed E-state index contributed by atoms with van der Waals surface area (Å²) in [6.45, 7) is 2.90. The van der Waals surface area contributed by atoms with Crippen molar-refractivity contribution < 1.29 is 4.79 Å². The largest absolute Gasteiger partial charge is 0.361 e. The molecule has 100 valence electrons. The molecule has 1 aliphatic carbocycles. The summed E-state index contributed by atoms with van der Waals surface area (Å²) in [4.78, 5) is 19.9. The number of amides is 1. The molecule has 0 unspecified atom stereocenters. The van der Waals surface area contributed by atoms with Gasteiger partial charge in [-0.05, 0) is 25.7 Å². The van der Waals surface area contributed by atoms with Crippen LogP contribution in [0.2, 0.25) is 0 Å². The zero-order valence-electron chi connectivity index (χ0n) is 10.8. The van der Waals surface area contributed by atoms with Gasteiger partial charge in [0.05, 0.1) is 6.54 Å². The van der Waals surface area contributed by atoms with Crippen molar-refractivity contribution in [2.45, 2.75) is 19.8 Å². The first kappa shape index (κ1) is 11.9. The van der Waals surface area contributed by atoms with E-state index < -0.39 is 0 Å². The molecule has 2 aromatic rings. The summed E-state index contributed by atoms with van der Waals surface area (Å²) in [5, 5.41) is 10.0. The van der Waals surface area contributed by atoms with E-state index in [9.17, 15) is 4.79 Å². The lowest BCUT2D eigenvalue weighted by molar-refractivity contribution is -0.119. The van der Waals surface area contributed by atoms with E-state index in [1.807, 2.05) is 13.0 Å². The molecule has 7 nitrogen and oxygen atoms in total. The fourth-order valence-corrected chi connectivity index (χ4v) is 1.87. The van der Waals surface area contributed by atoms with Crippen molar-refractivity contribution in [1.29, 1.82) is 0 Å². The molecule has 2 N–H and O–H groups in total. The van der Waals surface area contributed by atoms with E-state index in [1.54, 1.807) is 4.52 Å². The summed E-state index contributed by atoms with van der Waals surface area (Å²) in [6.07, 6.45) is 3.91. The van der Waals surface area contributed by atoms with Gasteiger partial charge in [-0.2, -0.15) is 14.6 Å². The van der Waals surface area contributed by atoms with Crippen LogP contribution in [-0.2, 0) is 4.79 Å². The Labute approximate surface area is 110 Å². The van der Waals surface area contributed by atoms with Crippen molar-refractivity contribution in [3.8, 4) is 0 Å². The first-order valence-electron chi connectivity index (χ1n) is 6.40. The molecule has 0 aromatic carbocycles. The summed E-state index contributed by atoms with van der Waals surface area (Å²) < 4.78 is 1.58. The van der Waals surface area contributed by atoms with E-state index in [0.717, 1.165) is 18.1 Å². The lowest BCUT2D eigenvalue weighted by Gasteiger charge is -2.09. The molecule has 1 saturated carbocycles. The standard InChI is InChI=1S/C12H16N6O/c1-8-4-10(18-12(17-8)15-7-16-18)13-6-11(19)14-5-9-2-3-9/h4,7,9,13H,2-3,5-6H2,1H3,(H,14,19). The predicted molar refractivity (Wildman–Crippen MR) is 69.7 cm³/mol. The van der Waals surface area contributed by atoms with Crippen LogP contribution in [-0.4, -0.2) is 38.6 Å². The van der Waals surface area contributed by atoms with Crippen LogP contribution in [0.15, 0.2) is 12.4 Å². The molecule has 2 aromatic heterocycles. The average Bonchev–Trinajstić information content (AvgIpc) is 3.10. The number of anilines is 1. The number of aromatic nitrogens is 4. The minimum absolute atomic E-state index is 0.00497. The van der Waals surface area contributed by atoms with Gasteiger partial charge in [0.25, 0.3) is 5.78 Å². The second kappa shape index (κ2) is 4.83. The Morgan fingerprint density at radius 3 is 3.16 bits per heavy atom. The van der Waals surface area contributed by atoms with E-state index in [1.165, 1.54) is 19.2 Å². The van der Waals surface area contributed by atoms with Crippen LogP contribution >= 0.6 is 0 Å². The maximum Gasteiger partial charge on any atom is 0.254 e. The molecule has 0 aliphatic heterocycles. The van der Waals surface area contributed by atoms with Crippen molar-refractivity contribution in [1.82, 2.24) is 24.9 Å².